The second-order valence-electron chi connectivity index (χ2n) is 5.75. The first-order valence-corrected chi connectivity index (χ1v) is 8.61. The molecule has 8 nitrogen and oxygen atoms in total. The molecule has 1 amide bonds. The summed E-state index contributed by atoms with van der Waals surface area (Å²) in [6.45, 7) is 3.57. The standard InChI is InChI=1S/C17H22F3N7O/c1-3-21-16(24-10-14-25-11-26-27(14)2)23-9-8-22-15(28)12-4-6-13(7-5-12)17(18,19)20/h4-7,11H,3,8-10H2,1-2H3,(H,22,28)(H2,21,23,24). The normalized spacial score (nSPS) is 12.0. The van der Waals surface area contributed by atoms with Crippen LogP contribution < -0.4 is 16.0 Å². The highest BCUT2D eigenvalue weighted by Gasteiger charge is 2.30. The number of carbonyl (C=O) groups is 1. The molecular weight excluding hydrogens is 375 g/mol. The van der Waals surface area contributed by atoms with E-state index in [0.717, 1.165) is 24.3 Å². The lowest BCUT2D eigenvalue weighted by Crippen LogP contribution is -2.41. The van der Waals surface area contributed by atoms with E-state index in [4.69, 9.17) is 0 Å². The zero-order valence-corrected chi connectivity index (χ0v) is 15.5. The van der Waals surface area contributed by atoms with Crippen LogP contribution in [0.5, 0.6) is 0 Å². The van der Waals surface area contributed by atoms with Crippen molar-refractivity contribution in [2.75, 3.05) is 19.6 Å². The van der Waals surface area contributed by atoms with E-state index in [9.17, 15) is 18.0 Å². The highest BCUT2D eigenvalue weighted by molar-refractivity contribution is 5.94. The minimum absolute atomic E-state index is 0.163. The van der Waals surface area contributed by atoms with Gasteiger partial charge in [-0.15, -0.1) is 0 Å². The van der Waals surface area contributed by atoms with Crippen LogP contribution in [0.2, 0.25) is 0 Å². The summed E-state index contributed by atoms with van der Waals surface area (Å²) in [7, 11) is 1.77. The van der Waals surface area contributed by atoms with E-state index in [0.29, 0.717) is 31.4 Å². The molecule has 2 rings (SSSR count). The second-order valence-corrected chi connectivity index (χ2v) is 5.75. The number of halogens is 3. The van der Waals surface area contributed by atoms with E-state index in [2.05, 4.69) is 31.0 Å². The second kappa shape index (κ2) is 9.72. The smallest absolute Gasteiger partial charge is 0.357 e. The Morgan fingerprint density at radius 1 is 1.14 bits per heavy atom. The predicted molar refractivity (Wildman–Crippen MR) is 97.6 cm³/mol. The van der Waals surface area contributed by atoms with Crippen LogP contribution in [0.15, 0.2) is 35.6 Å². The minimum atomic E-state index is -4.42. The van der Waals surface area contributed by atoms with Crippen molar-refractivity contribution in [1.82, 2.24) is 30.7 Å². The number of nitrogens with one attached hydrogen (secondary N) is 3. The van der Waals surface area contributed by atoms with Crippen LogP contribution >= 0.6 is 0 Å². The summed E-state index contributed by atoms with van der Waals surface area (Å²) in [5, 5.41) is 12.7. The number of aliphatic imine (C=N–C) groups is 1. The molecule has 0 aliphatic rings. The summed E-state index contributed by atoms with van der Waals surface area (Å²) < 4.78 is 39.3. The number of hydrogen-bond acceptors (Lipinski definition) is 4. The van der Waals surface area contributed by atoms with Crippen molar-refractivity contribution in [1.29, 1.82) is 0 Å². The molecule has 0 atom stereocenters. The summed E-state index contributed by atoms with van der Waals surface area (Å²) in [5.41, 5.74) is -0.629. The third kappa shape index (κ3) is 6.25. The van der Waals surface area contributed by atoms with Crippen LogP contribution in [0.4, 0.5) is 13.2 Å². The Morgan fingerprint density at radius 3 is 2.39 bits per heavy atom. The average molecular weight is 397 g/mol. The van der Waals surface area contributed by atoms with E-state index >= 15 is 0 Å². The van der Waals surface area contributed by atoms with E-state index in [1.807, 2.05) is 6.92 Å². The van der Waals surface area contributed by atoms with Crippen LogP contribution in [0.3, 0.4) is 0 Å². The van der Waals surface area contributed by atoms with Crippen molar-refractivity contribution < 1.29 is 18.0 Å². The maximum absolute atomic E-state index is 12.5. The molecule has 1 heterocycles. The van der Waals surface area contributed by atoms with Crippen LogP contribution in [0.1, 0.15) is 28.7 Å². The van der Waals surface area contributed by atoms with Crippen LogP contribution in [0.25, 0.3) is 0 Å². The quantitative estimate of drug-likeness (QED) is 0.372. The van der Waals surface area contributed by atoms with Crippen molar-refractivity contribution in [2.45, 2.75) is 19.6 Å². The molecule has 0 saturated heterocycles. The molecule has 28 heavy (non-hydrogen) atoms. The fourth-order valence-corrected chi connectivity index (χ4v) is 2.22. The number of amides is 1. The Hall–Kier alpha value is -3.11. The number of guanidine groups is 1. The fourth-order valence-electron chi connectivity index (χ4n) is 2.22. The highest BCUT2D eigenvalue weighted by Crippen LogP contribution is 2.28. The predicted octanol–water partition coefficient (Wildman–Crippen LogP) is 1.32. The molecule has 1 aromatic carbocycles. The van der Waals surface area contributed by atoms with Gasteiger partial charge in [0.1, 0.15) is 18.7 Å². The topological polar surface area (TPSA) is 96.2 Å². The maximum Gasteiger partial charge on any atom is 0.416 e. The fraction of sp³-hybridized carbons (Fsp3) is 0.412. The molecular formula is C17H22F3N7O. The first-order chi connectivity index (χ1) is 13.3. The highest BCUT2D eigenvalue weighted by atomic mass is 19.4. The lowest BCUT2D eigenvalue weighted by molar-refractivity contribution is -0.137. The largest absolute Gasteiger partial charge is 0.416 e. The molecule has 0 spiro atoms. The van der Waals surface area contributed by atoms with Gasteiger partial charge in [-0.05, 0) is 31.2 Å². The van der Waals surface area contributed by atoms with Gasteiger partial charge in [0.25, 0.3) is 5.91 Å². The van der Waals surface area contributed by atoms with Crippen molar-refractivity contribution >= 4 is 11.9 Å². The van der Waals surface area contributed by atoms with Gasteiger partial charge in [-0.1, -0.05) is 0 Å². The van der Waals surface area contributed by atoms with Gasteiger partial charge >= 0.3 is 6.18 Å². The lowest BCUT2D eigenvalue weighted by atomic mass is 10.1. The molecule has 0 unspecified atom stereocenters. The van der Waals surface area contributed by atoms with Crippen LogP contribution in [-0.4, -0.2) is 46.3 Å². The van der Waals surface area contributed by atoms with E-state index in [1.54, 1.807) is 11.7 Å². The molecule has 11 heteroatoms. The molecule has 0 fully saturated rings. The Kier molecular flexibility index (Phi) is 7.36. The number of aromatic nitrogens is 3. The van der Waals surface area contributed by atoms with Crippen molar-refractivity contribution in [3.8, 4) is 0 Å². The van der Waals surface area contributed by atoms with E-state index in [-0.39, 0.29) is 12.1 Å². The van der Waals surface area contributed by atoms with Gasteiger partial charge < -0.3 is 16.0 Å². The van der Waals surface area contributed by atoms with Gasteiger partial charge in [-0.3, -0.25) is 9.48 Å². The van der Waals surface area contributed by atoms with Gasteiger partial charge in [0.2, 0.25) is 0 Å². The lowest BCUT2D eigenvalue weighted by Gasteiger charge is -2.12. The average Bonchev–Trinajstić information content (AvgIpc) is 3.07. The molecule has 1 aromatic heterocycles. The minimum Gasteiger partial charge on any atom is -0.357 e. The monoisotopic (exact) mass is 397 g/mol. The van der Waals surface area contributed by atoms with Crippen LogP contribution in [-0.2, 0) is 19.8 Å². The number of carbonyl (C=O) groups excluding carboxylic acids is 1. The molecule has 152 valence electrons. The molecule has 0 aliphatic heterocycles. The Balaban J connectivity index is 1.80. The van der Waals surface area contributed by atoms with Crippen molar-refractivity contribution in [3.05, 3.63) is 47.5 Å². The third-order valence-corrected chi connectivity index (χ3v) is 3.71. The van der Waals surface area contributed by atoms with Gasteiger partial charge in [0, 0.05) is 32.2 Å². The molecule has 0 radical (unpaired) electrons. The Morgan fingerprint density at radius 2 is 1.82 bits per heavy atom. The summed E-state index contributed by atoms with van der Waals surface area (Å²) in [4.78, 5) is 20.5. The first kappa shape index (κ1) is 21.2. The Bertz CT molecular complexity index is 800. The molecule has 0 bridgehead atoms. The zero-order chi connectivity index (χ0) is 20.6. The van der Waals surface area contributed by atoms with Crippen molar-refractivity contribution in [2.24, 2.45) is 12.0 Å². The molecule has 3 N–H and O–H groups in total. The SMILES string of the molecule is CCNC(=NCc1ncnn1C)NCCNC(=O)c1ccc(C(F)(F)F)cc1. The number of rotatable bonds is 7. The van der Waals surface area contributed by atoms with Crippen molar-refractivity contribution in [3.63, 3.8) is 0 Å². The number of benzene rings is 1. The molecule has 0 saturated carbocycles. The number of nitrogens with zero attached hydrogens (tertiary/aromatic N) is 4. The zero-order valence-electron chi connectivity index (χ0n) is 15.5. The summed E-state index contributed by atoms with van der Waals surface area (Å²) in [5.74, 6) is 0.804. The van der Waals surface area contributed by atoms with E-state index in [1.165, 1.54) is 6.33 Å². The van der Waals surface area contributed by atoms with Gasteiger partial charge in [-0.2, -0.15) is 18.3 Å². The third-order valence-electron chi connectivity index (χ3n) is 3.71. The van der Waals surface area contributed by atoms with Gasteiger partial charge in [0.15, 0.2) is 5.96 Å². The van der Waals surface area contributed by atoms with Crippen LogP contribution in [0, 0.1) is 0 Å². The summed E-state index contributed by atoms with van der Waals surface area (Å²) in [6, 6.07) is 4.07. The Labute approximate surface area is 160 Å². The first-order valence-electron chi connectivity index (χ1n) is 8.61. The van der Waals surface area contributed by atoms with Gasteiger partial charge in [-0.25, -0.2) is 9.98 Å². The summed E-state index contributed by atoms with van der Waals surface area (Å²) >= 11 is 0. The number of aryl methyl sites for hydroxylation is 1. The van der Waals surface area contributed by atoms with E-state index < -0.39 is 17.6 Å². The molecule has 2 aromatic rings. The van der Waals surface area contributed by atoms with Gasteiger partial charge in [0.05, 0.1) is 5.56 Å². The number of hydrogen-bond donors (Lipinski definition) is 3. The maximum atomic E-state index is 12.5. The number of alkyl halides is 3. The molecule has 0 aliphatic carbocycles. The summed E-state index contributed by atoms with van der Waals surface area (Å²) in [6.07, 6.45) is -2.98.